The second-order valence-corrected chi connectivity index (χ2v) is 13.4. The number of carbonyl (C=O) groups is 1. The average Bonchev–Trinajstić information content (AvgIpc) is 3.45. The first kappa shape index (κ1) is 46.5. The van der Waals surface area contributed by atoms with Gasteiger partial charge in [-0.25, -0.2) is 4.99 Å². The zero-order chi connectivity index (χ0) is 39.1. The molecule has 0 bridgehead atoms. The Hall–Kier alpha value is -5.56. The lowest BCUT2D eigenvalue weighted by molar-refractivity contribution is -0.762. The van der Waals surface area contributed by atoms with E-state index in [9.17, 15) is 4.79 Å². The molecule has 0 aliphatic carbocycles. The number of amidine groups is 1. The van der Waals surface area contributed by atoms with E-state index in [0.29, 0.717) is 4.48 Å². The summed E-state index contributed by atoms with van der Waals surface area (Å²) in [4.78, 5) is 17.1. The van der Waals surface area contributed by atoms with Crippen LogP contribution in [0.5, 0.6) is 0 Å². The second kappa shape index (κ2) is 34.5. The van der Waals surface area contributed by atoms with Crippen molar-refractivity contribution in [2.24, 2.45) is 4.99 Å². The number of quaternary nitrogens is 1. The third kappa shape index (κ3) is 28.1. The topological polar surface area (TPSA) is 41.5 Å². The first-order valence-electron chi connectivity index (χ1n) is 19.8. The molecule has 2 atom stereocenters. The fourth-order valence-electron chi connectivity index (χ4n) is 5.87. The minimum Gasteiger partial charge on any atom is -0.317 e. The van der Waals surface area contributed by atoms with E-state index in [1.54, 1.807) is 13.1 Å². The van der Waals surface area contributed by atoms with E-state index < -0.39 is 5.91 Å². The summed E-state index contributed by atoms with van der Waals surface area (Å²) in [6, 6.07) is 0.260. The molecule has 4 heteroatoms. The number of carbonyl (C=O) groups excluding carboxylic acids is 1. The van der Waals surface area contributed by atoms with Crippen LogP contribution in [-0.2, 0) is 4.79 Å². The van der Waals surface area contributed by atoms with Crippen molar-refractivity contribution < 1.29 is 9.28 Å². The summed E-state index contributed by atoms with van der Waals surface area (Å²) in [5.74, 6) is 51.5. The molecule has 4 nitrogen and oxygen atoms in total. The van der Waals surface area contributed by atoms with Crippen molar-refractivity contribution in [3.8, 4) is 118 Å². The molecule has 1 rings (SSSR count). The number of hydrogen-bond acceptors (Lipinski definition) is 2. The molecule has 2 unspecified atom stereocenters. The summed E-state index contributed by atoms with van der Waals surface area (Å²) >= 11 is 0. The molecular formula is C50H58N3O+. The van der Waals surface area contributed by atoms with Gasteiger partial charge in [-0.15, -0.1) is 0 Å². The Kier molecular flexibility index (Phi) is 29.7. The fraction of sp³-hybridized carbons (Fsp3) is 0.520. The molecule has 54 heavy (non-hydrogen) atoms. The lowest BCUT2D eigenvalue weighted by atomic mass is 10.0. The van der Waals surface area contributed by atoms with Gasteiger partial charge in [0.25, 0.3) is 0 Å². The Morgan fingerprint density at radius 2 is 0.944 bits per heavy atom. The predicted octanol–water partition coefficient (Wildman–Crippen LogP) is 8.70. The van der Waals surface area contributed by atoms with Crippen molar-refractivity contribution in [2.75, 3.05) is 13.6 Å². The quantitative estimate of drug-likeness (QED) is 0.0680. The Balaban J connectivity index is 2.23. The van der Waals surface area contributed by atoms with Gasteiger partial charge in [-0.2, -0.15) is 0 Å². The SMILES string of the molecule is CC#CC#CC#CC#CC#CC#CC#CC#CC#CC#CC(=O)N/C=C\[N+]1(C)CC(C)N=C1CCCCCCCCCCCCCCCCCCCCC. The Bertz CT molecular complexity index is 1860. The van der Waals surface area contributed by atoms with E-state index in [0.717, 1.165) is 19.4 Å². The summed E-state index contributed by atoms with van der Waals surface area (Å²) in [5.41, 5.74) is 0. The summed E-state index contributed by atoms with van der Waals surface area (Å²) in [6.07, 6.45) is 30.9. The van der Waals surface area contributed by atoms with E-state index in [4.69, 9.17) is 4.99 Å². The Labute approximate surface area is 329 Å². The van der Waals surface area contributed by atoms with Gasteiger partial charge in [-0.1, -0.05) is 128 Å². The zero-order valence-electron chi connectivity index (χ0n) is 33.4. The summed E-state index contributed by atoms with van der Waals surface area (Å²) in [7, 11) is 2.15. The molecule has 278 valence electrons. The van der Waals surface area contributed by atoms with Crippen LogP contribution in [0.2, 0.25) is 0 Å². The van der Waals surface area contributed by atoms with Crippen LogP contribution in [0.25, 0.3) is 0 Å². The minimum atomic E-state index is -0.437. The van der Waals surface area contributed by atoms with Crippen LogP contribution in [0, 0.1) is 118 Å². The molecule has 1 aliphatic rings. The van der Waals surface area contributed by atoms with Crippen molar-refractivity contribution in [2.45, 2.75) is 155 Å². The fourth-order valence-corrected chi connectivity index (χ4v) is 5.87. The average molecular weight is 717 g/mol. The number of aliphatic imine (C=N–C) groups is 1. The molecule has 0 saturated heterocycles. The van der Waals surface area contributed by atoms with E-state index in [-0.39, 0.29) is 6.04 Å². The van der Waals surface area contributed by atoms with Gasteiger partial charge < -0.3 is 5.32 Å². The maximum Gasteiger partial charge on any atom is 0.300 e. The highest BCUT2D eigenvalue weighted by Gasteiger charge is 2.35. The van der Waals surface area contributed by atoms with Crippen LogP contribution in [0.4, 0.5) is 0 Å². The van der Waals surface area contributed by atoms with Crippen LogP contribution >= 0.6 is 0 Å². The van der Waals surface area contributed by atoms with Gasteiger partial charge in [-0.3, -0.25) is 9.28 Å². The van der Waals surface area contributed by atoms with Gasteiger partial charge in [0.05, 0.1) is 13.2 Å². The normalized spacial score (nSPS) is 14.2. The molecule has 1 amide bonds. The molecule has 1 N–H and O–H groups in total. The smallest absolute Gasteiger partial charge is 0.300 e. The number of amides is 1. The highest BCUT2D eigenvalue weighted by atomic mass is 16.1. The summed E-state index contributed by atoms with van der Waals surface area (Å²) in [5, 5.41) is 2.72. The zero-order valence-corrected chi connectivity index (χ0v) is 33.4. The van der Waals surface area contributed by atoms with Gasteiger partial charge in [0.2, 0.25) is 5.84 Å². The number of hydrogen-bond donors (Lipinski definition) is 1. The van der Waals surface area contributed by atoms with Gasteiger partial charge in [0.15, 0.2) is 0 Å². The van der Waals surface area contributed by atoms with Crippen molar-refractivity contribution in [1.82, 2.24) is 5.32 Å². The van der Waals surface area contributed by atoms with Crippen LogP contribution in [0.15, 0.2) is 17.4 Å². The van der Waals surface area contributed by atoms with E-state index in [1.807, 2.05) is 6.20 Å². The molecule has 0 spiro atoms. The van der Waals surface area contributed by atoms with Crippen LogP contribution in [0.3, 0.4) is 0 Å². The summed E-state index contributed by atoms with van der Waals surface area (Å²) < 4.78 is 0.608. The number of unbranched alkanes of at least 4 members (excludes halogenated alkanes) is 18. The lowest BCUT2D eigenvalue weighted by Crippen LogP contribution is -2.43. The standard InChI is InChI=1S/C50H57N3O/c1-5-7-9-11-13-15-17-19-21-23-25-27-29-31-33-35-37-39-41-43-49-52-48(3)47-53(49,4)46-45-51-50(54)44-42-40-38-36-34-32-30-28-26-24-22-20-18-16-14-12-10-8-6-2/h45-46,48H,5,7,9,11,13,15,17,19,21,23,25,27,29,31,33,35,37,39,41,43,47H2,1-4H3/p+1/b46-45-. The highest BCUT2D eigenvalue weighted by Crippen LogP contribution is 2.22. The second-order valence-electron chi connectivity index (χ2n) is 13.4. The van der Waals surface area contributed by atoms with E-state index in [1.165, 1.54) is 121 Å². The molecule has 1 aliphatic heterocycles. The third-order valence-corrected chi connectivity index (χ3v) is 8.59. The molecule has 0 saturated carbocycles. The Morgan fingerprint density at radius 3 is 1.33 bits per heavy atom. The molecule has 1 heterocycles. The molecule has 0 aromatic heterocycles. The van der Waals surface area contributed by atoms with Gasteiger partial charge in [0.1, 0.15) is 18.8 Å². The molecular weight excluding hydrogens is 659 g/mol. The minimum absolute atomic E-state index is 0.260. The largest absolute Gasteiger partial charge is 0.317 e. The van der Waals surface area contributed by atoms with Gasteiger partial charge in [-0.05, 0) is 115 Å². The lowest BCUT2D eigenvalue weighted by Gasteiger charge is -2.25. The first-order chi connectivity index (χ1) is 26.5. The number of nitrogens with one attached hydrogen (secondary N) is 1. The van der Waals surface area contributed by atoms with Crippen LogP contribution in [-0.4, -0.2) is 35.9 Å². The predicted molar refractivity (Wildman–Crippen MR) is 227 cm³/mol. The van der Waals surface area contributed by atoms with Crippen molar-refractivity contribution in [3.05, 3.63) is 12.4 Å². The maximum atomic E-state index is 12.2. The molecule has 0 aromatic rings. The number of rotatable bonds is 22. The molecule has 0 radical (unpaired) electrons. The van der Waals surface area contributed by atoms with Crippen molar-refractivity contribution in [3.63, 3.8) is 0 Å². The highest BCUT2D eigenvalue weighted by molar-refractivity contribution is 5.94. The van der Waals surface area contributed by atoms with E-state index >= 15 is 0 Å². The first-order valence-corrected chi connectivity index (χ1v) is 19.8. The monoisotopic (exact) mass is 716 g/mol. The Morgan fingerprint density at radius 1 is 0.593 bits per heavy atom. The van der Waals surface area contributed by atoms with Gasteiger partial charge in [0, 0.05) is 24.2 Å². The number of likely N-dealkylation sites (N-methyl/N-ethyl adjacent to an activating group) is 1. The van der Waals surface area contributed by atoms with Crippen LogP contribution < -0.4 is 5.32 Å². The van der Waals surface area contributed by atoms with Crippen molar-refractivity contribution in [1.29, 1.82) is 0 Å². The summed E-state index contributed by atoms with van der Waals surface area (Å²) in [6.45, 7) is 7.02. The molecule has 0 fully saturated rings. The third-order valence-electron chi connectivity index (χ3n) is 8.59. The number of nitrogens with zero attached hydrogens (tertiary/aromatic N) is 2. The van der Waals surface area contributed by atoms with Crippen LogP contribution in [0.1, 0.15) is 149 Å². The maximum absolute atomic E-state index is 12.2. The molecule has 0 aromatic carbocycles. The van der Waals surface area contributed by atoms with Gasteiger partial charge >= 0.3 is 5.91 Å². The van der Waals surface area contributed by atoms with Crippen molar-refractivity contribution >= 4 is 11.7 Å². The van der Waals surface area contributed by atoms with E-state index in [2.05, 4.69) is 145 Å².